The van der Waals surface area contributed by atoms with Crippen molar-refractivity contribution < 1.29 is 19.4 Å². The van der Waals surface area contributed by atoms with E-state index in [-0.39, 0.29) is 25.4 Å². The lowest BCUT2D eigenvalue weighted by Crippen LogP contribution is -2.51. The standard InChI is InChI=1S/C14H16BrNO4/c15-11-4-2-1-3-10(11)7-12(17)16-14(8-13(18)19)5-6-20-9-14/h1-4H,5-9H2,(H,16,17)(H,18,19). The summed E-state index contributed by atoms with van der Waals surface area (Å²) in [4.78, 5) is 23.1. The lowest BCUT2D eigenvalue weighted by Gasteiger charge is -2.27. The molecule has 1 fully saturated rings. The summed E-state index contributed by atoms with van der Waals surface area (Å²) in [6, 6.07) is 7.47. The van der Waals surface area contributed by atoms with Gasteiger partial charge in [-0.25, -0.2) is 0 Å². The molecule has 1 heterocycles. The molecule has 1 atom stereocenters. The molecule has 0 spiro atoms. The quantitative estimate of drug-likeness (QED) is 0.855. The van der Waals surface area contributed by atoms with Crippen molar-refractivity contribution in [1.82, 2.24) is 5.32 Å². The van der Waals surface area contributed by atoms with Crippen LogP contribution >= 0.6 is 15.9 Å². The van der Waals surface area contributed by atoms with Crippen molar-refractivity contribution in [3.8, 4) is 0 Å². The van der Waals surface area contributed by atoms with Gasteiger partial charge in [-0.3, -0.25) is 9.59 Å². The van der Waals surface area contributed by atoms with Crippen molar-refractivity contribution in [2.45, 2.75) is 24.8 Å². The second-order valence-electron chi connectivity index (χ2n) is 4.97. The normalized spacial score (nSPS) is 21.6. The maximum absolute atomic E-state index is 12.1. The second kappa shape index (κ2) is 6.37. The SMILES string of the molecule is O=C(O)CC1(NC(=O)Cc2ccccc2Br)CCOC1. The summed E-state index contributed by atoms with van der Waals surface area (Å²) >= 11 is 3.39. The van der Waals surface area contributed by atoms with Gasteiger partial charge < -0.3 is 15.2 Å². The fraction of sp³-hybridized carbons (Fsp3) is 0.429. The largest absolute Gasteiger partial charge is 0.481 e. The first kappa shape index (κ1) is 15.0. The molecule has 1 aliphatic rings. The molecule has 0 aliphatic carbocycles. The molecule has 0 saturated carbocycles. The van der Waals surface area contributed by atoms with E-state index in [0.717, 1.165) is 10.0 Å². The highest BCUT2D eigenvalue weighted by molar-refractivity contribution is 9.10. The van der Waals surface area contributed by atoms with E-state index in [9.17, 15) is 9.59 Å². The molecule has 1 saturated heterocycles. The Morgan fingerprint density at radius 1 is 1.40 bits per heavy atom. The number of hydrogen-bond acceptors (Lipinski definition) is 3. The number of ether oxygens (including phenoxy) is 1. The van der Waals surface area contributed by atoms with Crippen molar-refractivity contribution >= 4 is 27.8 Å². The van der Waals surface area contributed by atoms with Gasteiger partial charge in [0.1, 0.15) is 0 Å². The summed E-state index contributed by atoms with van der Waals surface area (Å²) in [5, 5.41) is 11.8. The van der Waals surface area contributed by atoms with Crippen molar-refractivity contribution in [1.29, 1.82) is 0 Å². The minimum atomic E-state index is -0.934. The minimum absolute atomic E-state index is 0.116. The van der Waals surface area contributed by atoms with Crippen LogP contribution in [0.15, 0.2) is 28.7 Å². The van der Waals surface area contributed by atoms with Gasteiger partial charge in [-0.05, 0) is 18.1 Å². The summed E-state index contributed by atoms with van der Waals surface area (Å²) in [5.74, 6) is -1.12. The number of amides is 1. The molecule has 1 unspecified atom stereocenters. The number of carbonyl (C=O) groups excluding carboxylic acids is 1. The first-order valence-corrected chi connectivity index (χ1v) is 7.14. The highest BCUT2D eigenvalue weighted by Gasteiger charge is 2.38. The zero-order valence-electron chi connectivity index (χ0n) is 10.9. The zero-order chi connectivity index (χ0) is 14.6. The fourth-order valence-electron chi connectivity index (χ4n) is 2.33. The Hall–Kier alpha value is -1.40. The third kappa shape index (κ3) is 3.80. The number of carboxylic acids is 1. The molecule has 108 valence electrons. The molecule has 0 aromatic heterocycles. The molecule has 1 aromatic carbocycles. The third-order valence-corrected chi connectivity index (χ3v) is 4.08. The summed E-state index contributed by atoms with van der Waals surface area (Å²) in [6.07, 6.45) is 0.624. The van der Waals surface area contributed by atoms with E-state index < -0.39 is 11.5 Å². The Morgan fingerprint density at radius 3 is 2.75 bits per heavy atom. The first-order valence-electron chi connectivity index (χ1n) is 6.35. The highest BCUT2D eigenvalue weighted by atomic mass is 79.9. The first-order chi connectivity index (χ1) is 9.51. The average molecular weight is 342 g/mol. The topological polar surface area (TPSA) is 75.6 Å². The van der Waals surface area contributed by atoms with Crippen LogP contribution in [0.1, 0.15) is 18.4 Å². The van der Waals surface area contributed by atoms with Crippen LogP contribution in [0.3, 0.4) is 0 Å². The molecule has 2 N–H and O–H groups in total. The number of halogens is 1. The average Bonchev–Trinajstić information content (AvgIpc) is 2.79. The molecule has 0 radical (unpaired) electrons. The smallest absolute Gasteiger partial charge is 0.305 e. The number of nitrogens with one attached hydrogen (secondary N) is 1. The van der Waals surface area contributed by atoms with Gasteiger partial charge in [-0.2, -0.15) is 0 Å². The molecule has 1 amide bonds. The lowest BCUT2D eigenvalue weighted by molar-refractivity contribution is -0.139. The van der Waals surface area contributed by atoms with Crippen molar-refractivity contribution in [2.75, 3.05) is 13.2 Å². The van der Waals surface area contributed by atoms with Gasteiger partial charge in [-0.1, -0.05) is 34.1 Å². The van der Waals surface area contributed by atoms with Gasteiger partial charge in [0.2, 0.25) is 5.91 Å². The van der Waals surface area contributed by atoms with Crippen molar-refractivity contribution in [2.24, 2.45) is 0 Å². The van der Waals surface area contributed by atoms with Crippen LogP contribution in [0.4, 0.5) is 0 Å². The maximum Gasteiger partial charge on any atom is 0.305 e. The van der Waals surface area contributed by atoms with Gasteiger partial charge >= 0.3 is 5.97 Å². The number of carboxylic acid groups (broad SMARTS) is 1. The molecular weight excluding hydrogens is 326 g/mol. The van der Waals surface area contributed by atoms with E-state index in [1.54, 1.807) is 0 Å². The second-order valence-corrected chi connectivity index (χ2v) is 5.82. The van der Waals surface area contributed by atoms with Crippen LogP contribution in [-0.4, -0.2) is 35.7 Å². The number of carbonyl (C=O) groups is 2. The number of benzene rings is 1. The van der Waals surface area contributed by atoms with Crippen molar-refractivity contribution in [3.05, 3.63) is 34.3 Å². The van der Waals surface area contributed by atoms with E-state index >= 15 is 0 Å². The Kier molecular flexibility index (Phi) is 4.77. The molecular formula is C14H16BrNO4. The molecule has 2 rings (SSSR count). The van der Waals surface area contributed by atoms with Crippen molar-refractivity contribution in [3.63, 3.8) is 0 Å². The van der Waals surface area contributed by atoms with Crippen LogP contribution in [0.5, 0.6) is 0 Å². The van der Waals surface area contributed by atoms with Crippen LogP contribution in [0.2, 0.25) is 0 Å². The van der Waals surface area contributed by atoms with E-state index in [2.05, 4.69) is 21.2 Å². The molecule has 6 heteroatoms. The van der Waals surface area contributed by atoms with E-state index in [1.165, 1.54) is 0 Å². The Balaban J connectivity index is 2.02. The molecule has 1 aliphatic heterocycles. The lowest BCUT2D eigenvalue weighted by atomic mass is 9.94. The predicted molar refractivity (Wildman–Crippen MR) is 76.4 cm³/mol. The van der Waals surface area contributed by atoms with Crippen LogP contribution < -0.4 is 5.32 Å². The van der Waals surface area contributed by atoms with Gasteiger partial charge in [0.05, 0.1) is 25.0 Å². The third-order valence-electron chi connectivity index (χ3n) is 3.31. The summed E-state index contributed by atoms with van der Waals surface area (Å²) in [6.45, 7) is 0.726. The van der Waals surface area contributed by atoms with E-state index in [0.29, 0.717) is 13.0 Å². The van der Waals surface area contributed by atoms with Crippen LogP contribution in [0, 0.1) is 0 Å². The summed E-state index contributed by atoms with van der Waals surface area (Å²) in [5.41, 5.74) is 0.0962. The van der Waals surface area contributed by atoms with E-state index in [1.807, 2.05) is 24.3 Å². The molecule has 5 nitrogen and oxygen atoms in total. The zero-order valence-corrected chi connectivity index (χ0v) is 12.5. The van der Waals surface area contributed by atoms with Crippen LogP contribution in [-0.2, 0) is 20.7 Å². The minimum Gasteiger partial charge on any atom is -0.481 e. The fourth-order valence-corrected chi connectivity index (χ4v) is 2.76. The Labute approximate surface area is 125 Å². The monoisotopic (exact) mass is 341 g/mol. The van der Waals surface area contributed by atoms with Gasteiger partial charge in [0.15, 0.2) is 0 Å². The summed E-state index contributed by atoms with van der Waals surface area (Å²) < 4.78 is 6.11. The number of rotatable bonds is 5. The molecule has 20 heavy (non-hydrogen) atoms. The van der Waals surface area contributed by atoms with Crippen LogP contribution in [0.25, 0.3) is 0 Å². The number of hydrogen-bond donors (Lipinski definition) is 2. The van der Waals surface area contributed by atoms with Gasteiger partial charge in [0.25, 0.3) is 0 Å². The van der Waals surface area contributed by atoms with Gasteiger partial charge in [-0.15, -0.1) is 0 Å². The Bertz CT molecular complexity index is 512. The predicted octanol–water partition coefficient (Wildman–Crippen LogP) is 1.74. The maximum atomic E-state index is 12.1. The molecule has 1 aromatic rings. The molecule has 0 bridgehead atoms. The van der Waals surface area contributed by atoms with E-state index in [4.69, 9.17) is 9.84 Å². The summed E-state index contributed by atoms with van der Waals surface area (Å²) in [7, 11) is 0. The number of aliphatic carboxylic acids is 1. The van der Waals surface area contributed by atoms with Gasteiger partial charge in [0, 0.05) is 11.1 Å². The Morgan fingerprint density at radius 2 is 2.15 bits per heavy atom. The highest BCUT2D eigenvalue weighted by Crippen LogP contribution is 2.23.